The molecule has 0 N–H and O–H groups in total. The van der Waals surface area contributed by atoms with Crippen molar-refractivity contribution in [3.05, 3.63) is 71.8 Å². The van der Waals surface area contributed by atoms with Gasteiger partial charge in [-0.2, -0.15) is 0 Å². The van der Waals surface area contributed by atoms with Crippen LogP contribution in [0.5, 0.6) is 0 Å². The minimum absolute atomic E-state index is 0.116. The number of rotatable bonds is 5. The summed E-state index contributed by atoms with van der Waals surface area (Å²) in [5, 5.41) is 0. The Balaban J connectivity index is 0.000000671. The minimum Gasteiger partial charge on any atom is -0.373 e. The molecule has 0 radical (unpaired) electrons. The van der Waals surface area contributed by atoms with Gasteiger partial charge in [0.15, 0.2) is 5.78 Å². The number of epoxide rings is 1. The van der Waals surface area contributed by atoms with E-state index in [1.165, 1.54) is 0 Å². The lowest BCUT2D eigenvalue weighted by atomic mass is 9.96. The third kappa shape index (κ3) is 6.51. The summed E-state index contributed by atoms with van der Waals surface area (Å²) in [5.41, 5.74) is 2.76. The van der Waals surface area contributed by atoms with Crippen molar-refractivity contribution >= 4 is 17.4 Å². The molecule has 0 aromatic heterocycles. The van der Waals surface area contributed by atoms with E-state index < -0.39 is 0 Å². The highest BCUT2D eigenvalue weighted by molar-refractivity contribution is 6.25. The third-order valence-corrected chi connectivity index (χ3v) is 3.31. The molecule has 128 valence electrons. The van der Waals surface area contributed by atoms with Crippen LogP contribution in [0.15, 0.2) is 60.7 Å². The Labute approximate surface area is 146 Å². The van der Waals surface area contributed by atoms with Gasteiger partial charge in [-0.3, -0.25) is 4.79 Å². The molecule has 2 aromatic carbocycles. The zero-order chi connectivity index (χ0) is 17.8. The average molecular weight is 324 g/mol. The zero-order valence-electron chi connectivity index (χ0n) is 15.2. The standard InChI is InChI=1S/C18H16O2.2C2H6/c19-18(12-16-13-20-16)17(15-9-5-2-6-10-15)11-14-7-3-1-4-8-14;2*1-2/h1-11,16H,12-13H2;2*1-2H3. The molecule has 0 amide bonds. The molecule has 2 aromatic rings. The SMILES string of the molecule is CC.CC.O=C(CC1CO1)C(=Cc1ccccc1)c1ccccc1. The molecule has 1 aliphatic heterocycles. The lowest BCUT2D eigenvalue weighted by Crippen LogP contribution is -2.05. The predicted molar refractivity (Wildman–Crippen MR) is 103 cm³/mol. The number of carbonyl (C=O) groups excluding carboxylic acids is 1. The molecule has 1 saturated heterocycles. The first-order chi connectivity index (χ1) is 11.8. The molecular formula is C22H28O2. The monoisotopic (exact) mass is 324 g/mol. The van der Waals surface area contributed by atoms with Gasteiger partial charge in [0.2, 0.25) is 0 Å². The van der Waals surface area contributed by atoms with E-state index in [1.54, 1.807) is 0 Å². The molecule has 2 nitrogen and oxygen atoms in total. The Kier molecular flexibility index (Phi) is 9.40. The predicted octanol–water partition coefficient (Wildman–Crippen LogP) is 5.64. The van der Waals surface area contributed by atoms with Crippen LogP contribution in [0.1, 0.15) is 45.2 Å². The largest absolute Gasteiger partial charge is 0.373 e. The van der Waals surface area contributed by atoms with Gasteiger partial charge in [0.25, 0.3) is 0 Å². The van der Waals surface area contributed by atoms with Crippen molar-refractivity contribution in [3.63, 3.8) is 0 Å². The van der Waals surface area contributed by atoms with E-state index in [1.807, 2.05) is 94.4 Å². The molecule has 0 saturated carbocycles. The maximum atomic E-state index is 12.5. The molecule has 1 unspecified atom stereocenters. The molecule has 0 aliphatic carbocycles. The van der Waals surface area contributed by atoms with E-state index >= 15 is 0 Å². The van der Waals surface area contributed by atoms with Gasteiger partial charge >= 0.3 is 0 Å². The number of hydrogen-bond donors (Lipinski definition) is 0. The van der Waals surface area contributed by atoms with Crippen molar-refractivity contribution in [1.82, 2.24) is 0 Å². The number of ether oxygens (including phenoxy) is 1. The fourth-order valence-corrected chi connectivity index (χ4v) is 2.16. The van der Waals surface area contributed by atoms with Crippen LogP contribution in [0.25, 0.3) is 11.6 Å². The number of ketones is 1. The first-order valence-corrected chi connectivity index (χ1v) is 8.80. The summed E-state index contributed by atoms with van der Waals surface area (Å²) in [6, 6.07) is 19.7. The van der Waals surface area contributed by atoms with E-state index in [-0.39, 0.29) is 11.9 Å². The highest BCUT2D eigenvalue weighted by Crippen LogP contribution is 2.24. The normalized spacial score (nSPS) is 15.3. The van der Waals surface area contributed by atoms with Gasteiger partial charge in [-0.05, 0) is 17.2 Å². The van der Waals surface area contributed by atoms with Crippen LogP contribution in [0.2, 0.25) is 0 Å². The Hall–Kier alpha value is -2.19. The number of allylic oxidation sites excluding steroid dienone is 1. The highest BCUT2D eigenvalue weighted by Gasteiger charge is 2.27. The summed E-state index contributed by atoms with van der Waals surface area (Å²) in [6.07, 6.45) is 2.54. The molecular weight excluding hydrogens is 296 g/mol. The maximum absolute atomic E-state index is 12.5. The Morgan fingerprint density at radius 3 is 1.96 bits per heavy atom. The smallest absolute Gasteiger partial charge is 0.166 e. The fourth-order valence-electron chi connectivity index (χ4n) is 2.16. The van der Waals surface area contributed by atoms with Crippen LogP contribution in [0.3, 0.4) is 0 Å². The Morgan fingerprint density at radius 1 is 0.958 bits per heavy atom. The molecule has 1 atom stereocenters. The van der Waals surface area contributed by atoms with Crippen molar-refractivity contribution in [3.8, 4) is 0 Å². The zero-order valence-corrected chi connectivity index (χ0v) is 15.2. The van der Waals surface area contributed by atoms with Crippen LogP contribution in [-0.4, -0.2) is 18.5 Å². The molecule has 1 aliphatic rings. The van der Waals surface area contributed by atoms with Crippen LogP contribution in [-0.2, 0) is 9.53 Å². The second-order valence-corrected chi connectivity index (χ2v) is 4.92. The highest BCUT2D eigenvalue weighted by atomic mass is 16.6. The van der Waals surface area contributed by atoms with Crippen molar-refractivity contribution < 1.29 is 9.53 Å². The second-order valence-electron chi connectivity index (χ2n) is 4.92. The summed E-state index contributed by atoms with van der Waals surface area (Å²) in [5.74, 6) is 0.141. The average Bonchev–Trinajstić information content (AvgIpc) is 3.48. The maximum Gasteiger partial charge on any atom is 0.166 e. The fraction of sp³-hybridized carbons (Fsp3) is 0.318. The van der Waals surface area contributed by atoms with Crippen molar-refractivity contribution in [2.75, 3.05) is 6.61 Å². The van der Waals surface area contributed by atoms with Crippen molar-refractivity contribution in [2.45, 2.75) is 40.2 Å². The van der Waals surface area contributed by atoms with Crippen molar-refractivity contribution in [1.29, 1.82) is 0 Å². The van der Waals surface area contributed by atoms with Crippen LogP contribution in [0.4, 0.5) is 0 Å². The second kappa shape index (κ2) is 11.4. The van der Waals surface area contributed by atoms with Gasteiger partial charge < -0.3 is 4.74 Å². The number of Topliss-reactive ketones (excluding diaryl/α,β-unsaturated/α-hetero) is 1. The quantitative estimate of drug-likeness (QED) is 0.405. The Bertz CT molecular complexity index is 611. The van der Waals surface area contributed by atoms with E-state index in [0.29, 0.717) is 13.0 Å². The minimum atomic E-state index is 0.116. The van der Waals surface area contributed by atoms with E-state index in [4.69, 9.17) is 4.74 Å². The molecule has 0 bridgehead atoms. The van der Waals surface area contributed by atoms with Gasteiger partial charge in [-0.1, -0.05) is 88.4 Å². The number of carbonyl (C=O) groups is 1. The number of hydrogen-bond acceptors (Lipinski definition) is 2. The summed E-state index contributed by atoms with van der Waals surface area (Å²) in [4.78, 5) is 12.5. The van der Waals surface area contributed by atoms with Gasteiger partial charge in [0, 0.05) is 12.0 Å². The lowest BCUT2D eigenvalue weighted by Gasteiger charge is -2.06. The molecule has 1 fully saturated rings. The van der Waals surface area contributed by atoms with Gasteiger partial charge in [-0.25, -0.2) is 0 Å². The molecule has 0 spiro atoms. The molecule has 3 rings (SSSR count). The number of benzene rings is 2. The summed E-state index contributed by atoms with van der Waals surface area (Å²) in [6.45, 7) is 8.71. The lowest BCUT2D eigenvalue weighted by molar-refractivity contribution is -0.114. The topological polar surface area (TPSA) is 29.6 Å². The molecule has 2 heteroatoms. The van der Waals surface area contributed by atoms with Crippen molar-refractivity contribution in [2.24, 2.45) is 0 Å². The van der Waals surface area contributed by atoms with E-state index in [2.05, 4.69) is 0 Å². The van der Waals surface area contributed by atoms with Gasteiger partial charge in [-0.15, -0.1) is 0 Å². The summed E-state index contributed by atoms with van der Waals surface area (Å²) < 4.78 is 5.17. The third-order valence-electron chi connectivity index (χ3n) is 3.31. The van der Waals surface area contributed by atoms with Crippen LogP contribution >= 0.6 is 0 Å². The van der Waals surface area contributed by atoms with Gasteiger partial charge in [0.05, 0.1) is 12.7 Å². The van der Waals surface area contributed by atoms with Gasteiger partial charge in [0.1, 0.15) is 0 Å². The Morgan fingerprint density at radius 2 is 1.46 bits per heavy atom. The van der Waals surface area contributed by atoms with E-state index in [9.17, 15) is 4.79 Å². The summed E-state index contributed by atoms with van der Waals surface area (Å²) in [7, 11) is 0. The summed E-state index contributed by atoms with van der Waals surface area (Å²) >= 11 is 0. The van der Waals surface area contributed by atoms with Crippen LogP contribution in [0, 0.1) is 0 Å². The first kappa shape index (κ1) is 19.9. The first-order valence-electron chi connectivity index (χ1n) is 8.80. The van der Waals surface area contributed by atoms with Crippen LogP contribution < -0.4 is 0 Å². The molecule has 24 heavy (non-hydrogen) atoms. The van der Waals surface area contributed by atoms with E-state index in [0.717, 1.165) is 16.7 Å². The molecule has 1 heterocycles.